The van der Waals surface area contributed by atoms with Crippen molar-refractivity contribution in [2.75, 3.05) is 18.4 Å². The number of benzene rings is 2. The second-order valence-corrected chi connectivity index (χ2v) is 9.48. The fourth-order valence-electron chi connectivity index (χ4n) is 3.62. The molecular weight excluding hydrogens is 448 g/mol. The van der Waals surface area contributed by atoms with Gasteiger partial charge in [-0.2, -0.15) is 0 Å². The first-order chi connectivity index (χ1) is 16.6. The molecule has 3 N–H and O–H groups in total. The fraction of sp³-hybridized carbons (Fsp3) is 0.385. The Hall–Kier alpha value is -3.88. The van der Waals surface area contributed by atoms with E-state index in [0.29, 0.717) is 25.3 Å². The van der Waals surface area contributed by atoms with Crippen molar-refractivity contribution < 1.29 is 23.9 Å². The third-order valence-corrected chi connectivity index (χ3v) is 5.30. The lowest BCUT2D eigenvalue weighted by Gasteiger charge is -2.19. The van der Waals surface area contributed by atoms with E-state index < -0.39 is 11.7 Å². The Labute approximate surface area is 205 Å². The van der Waals surface area contributed by atoms with Crippen molar-refractivity contribution >= 4 is 29.5 Å². The van der Waals surface area contributed by atoms with Gasteiger partial charge in [0.15, 0.2) is 0 Å². The maximum Gasteiger partial charge on any atom is 0.408 e. The second kappa shape index (κ2) is 11.5. The molecule has 2 aromatic carbocycles. The van der Waals surface area contributed by atoms with Crippen LogP contribution < -0.4 is 16.0 Å². The van der Waals surface area contributed by atoms with Gasteiger partial charge in [0.25, 0.3) is 0 Å². The lowest BCUT2D eigenvalue weighted by molar-refractivity contribution is -0.129. The Kier molecular flexibility index (Phi) is 8.46. The van der Waals surface area contributed by atoms with Gasteiger partial charge in [-0.25, -0.2) is 4.79 Å². The van der Waals surface area contributed by atoms with Crippen LogP contribution in [0.1, 0.15) is 38.3 Å². The smallest absolute Gasteiger partial charge is 0.408 e. The second-order valence-electron chi connectivity index (χ2n) is 9.48. The highest BCUT2D eigenvalue weighted by atomic mass is 16.6. The van der Waals surface area contributed by atoms with Crippen LogP contribution in [0.15, 0.2) is 54.6 Å². The van der Waals surface area contributed by atoms with Gasteiger partial charge in [-0.3, -0.25) is 14.4 Å². The predicted molar refractivity (Wildman–Crippen MR) is 131 cm³/mol. The average molecular weight is 481 g/mol. The van der Waals surface area contributed by atoms with Crippen molar-refractivity contribution in [2.45, 2.75) is 45.9 Å². The summed E-state index contributed by atoms with van der Waals surface area (Å²) in [6.07, 6.45) is -0.452. The van der Waals surface area contributed by atoms with Crippen LogP contribution in [-0.2, 0) is 32.2 Å². The van der Waals surface area contributed by atoms with E-state index in [0.717, 1.165) is 11.1 Å². The third kappa shape index (κ3) is 8.44. The number of likely N-dealkylation sites (tertiary alicyclic amines) is 1. The van der Waals surface area contributed by atoms with Crippen LogP contribution in [0.3, 0.4) is 0 Å². The molecular formula is C26H32N4O5. The molecule has 0 aliphatic carbocycles. The van der Waals surface area contributed by atoms with Gasteiger partial charge in [0.2, 0.25) is 17.7 Å². The molecule has 0 saturated carbocycles. The number of amides is 4. The lowest BCUT2D eigenvalue weighted by atomic mass is 10.1. The minimum absolute atomic E-state index is 0.0183. The summed E-state index contributed by atoms with van der Waals surface area (Å²) in [5, 5.41) is 7.98. The number of anilines is 1. The number of alkyl carbamates (subject to hydrolysis) is 1. The molecule has 0 aromatic heterocycles. The van der Waals surface area contributed by atoms with Gasteiger partial charge in [-0.1, -0.05) is 42.5 Å². The molecule has 35 heavy (non-hydrogen) atoms. The van der Waals surface area contributed by atoms with Gasteiger partial charge < -0.3 is 25.6 Å². The minimum Gasteiger partial charge on any atom is -0.444 e. The molecule has 1 aliphatic heterocycles. The van der Waals surface area contributed by atoms with Crippen LogP contribution in [0, 0.1) is 5.92 Å². The van der Waals surface area contributed by atoms with Gasteiger partial charge in [0.1, 0.15) is 12.1 Å². The molecule has 1 heterocycles. The molecule has 1 saturated heterocycles. The van der Waals surface area contributed by atoms with Crippen LogP contribution >= 0.6 is 0 Å². The maximum absolute atomic E-state index is 12.6. The Morgan fingerprint density at radius 3 is 2.31 bits per heavy atom. The van der Waals surface area contributed by atoms with Crippen molar-refractivity contribution in [2.24, 2.45) is 5.92 Å². The highest BCUT2D eigenvalue weighted by molar-refractivity contribution is 5.94. The van der Waals surface area contributed by atoms with E-state index in [1.807, 2.05) is 30.3 Å². The first kappa shape index (κ1) is 25.7. The van der Waals surface area contributed by atoms with Crippen LogP contribution in [0.5, 0.6) is 0 Å². The minimum atomic E-state index is -0.661. The normalized spacial score (nSPS) is 15.5. The highest BCUT2D eigenvalue weighted by Crippen LogP contribution is 2.20. The summed E-state index contributed by atoms with van der Waals surface area (Å²) in [6, 6.07) is 16.7. The molecule has 1 fully saturated rings. The largest absolute Gasteiger partial charge is 0.444 e. The van der Waals surface area contributed by atoms with Crippen molar-refractivity contribution in [3.63, 3.8) is 0 Å². The maximum atomic E-state index is 12.6. The van der Waals surface area contributed by atoms with E-state index in [4.69, 9.17) is 4.74 Å². The zero-order chi connectivity index (χ0) is 25.4. The van der Waals surface area contributed by atoms with Crippen LogP contribution in [0.4, 0.5) is 10.5 Å². The third-order valence-electron chi connectivity index (χ3n) is 5.30. The Bertz CT molecular complexity index is 1050. The zero-order valence-electron chi connectivity index (χ0n) is 20.3. The Morgan fingerprint density at radius 2 is 1.66 bits per heavy atom. The molecule has 2 aromatic rings. The summed E-state index contributed by atoms with van der Waals surface area (Å²) in [6.45, 7) is 6.23. The summed E-state index contributed by atoms with van der Waals surface area (Å²) >= 11 is 0. The van der Waals surface area contributed by atoms with Crippen molar-refractivity contribution in [3.8, 4) is 0 Å². The Morgan fingerprint density at radius 1 is 0.971 bits per heavy atom. The molecule has 9 nitrogen and oxygen atoms in total. The summed E-state index contributed by atoms with van der Waals surface area (Å²) in [5.74, 6) is -0.931. The number of ether oxygens (including phenoxy) is 1. The number of hydrogen-bond donors (Lipinski definition) is 3. The van der Waals surface area contributed by atoms with Crippen LogP contribution in [-0.4, -0.2) is 47.4 Å². The zero-order valence-corrected chi connectivity index (χ0v) is 20.3. The van der Waals surface area contributed by atoms with E-state index in [1.165, 1.54) is 0 Å². The van der Waals surface area contributed by atoms with E-state index >= 15 is 0 Å². The monoisotopic (exact) mass is 480 g/mol. The predicted octanol–water partition coefficient (Wildman–Crippen LogP) is 2.81. The number of nitrogens with zero attached hydrogens (tertiary/aromatic N) is 1. The highest BCUT2D eigenvalue weighted by Gasteiger charge is 2.34. The average Bonchev–Trinajstić information content (AvgIpc) is 3.17. The molecule has 0 bridgehead atoms. The number of carbonyl (C=O) groups excluding carboxylic acids is 4. The summed E-state index contributed by atoms with van der Waals surface area (Å²) in [7, 11) is 0. The van der Waals surface area contributed by atoms with E-state index in [2.05, 4.69) is 16.0 Å². The molecule has 3 rings (SSSR count). The molecule has 0 spiro atoms. The summed E-state index contributed by atoms with van der Waals surface area (Å²) in [4.78, 5) is 50.3. The number of rotatable bonds is 8. The quantitative estimate of drug-likeness (QED) is 0.537. The molecule has 1 aliphatic rings. The molecule has 186 valence electrons. The van der Waals surface area contributed by atoms with Gasteiger partial charge in [0.05, 0.1) is 5.92 Å². The van der Waals surface area contributed by atoms with Crippen molar-refractivity contribution in [3.05, 3.63) is 65.7 Å². The van der Waals surface area contributed by atoms with Crippen molar-refractivity contribution in [1.29, 1.82) is 0 Å². The first-order valence-corrected chi connectivity index (χ1v) is 11.5. The van der Waals surface area contributed by atoms with Crippen molar-refractivity contribution in [1.82, 2.24) is 15.5 Å². The van der Waals surface area contributed by atoms with E-state index in [9.17, 15) is 19.2 Å². The summed E-state index contributed by atoms with van der Waals surface area (Å²) < 4.78 is 5.09. The molecule has 4 amide bonds. The van der Waals surface area contributed by atoms with Gasteiger partial charge in [-0.15, -0.1) is 0 Å². The van der Waals surface area contributed by atoms with Crippen LogP contribution in [0.25, 0.3) is 0 Å². The molecule has 1 unspecified atom stereocenters. The Balaban J connectivity index is 1.40. The SMILES string of the molecule is CC(C)(C)OC(=O)NCC(=O)Nc1ccc(CNC(=O)C2CC(=O)N(Cc3ccccc3)C2)cc1. The summed E-state index contributed by atoms with van der Waals surface area (Å²) in [5.41, 5.74) is 1.82. The number of nitrogens with one attached hydrogen (secondary N) is 3. The lowest BCUT2D eigenvalue weighted by Crippen LogP contribution is -2.37. The standard InChI is InChI=1S/C26H32N4O5/c1-26(2,3)35-25(34)28-15-22(31)29-21-11-9-18(10-12-21)14-27-24(33)20-13-23(32)30(17-20)16-19-7-5-4-6-8-19/h4-12,20H,13-17H2,1-3H3,(H,27,33)(H,28,34)(H,29,31). The topological polar surface area (TPSA) is 117 Å². The molecule has 1 atom stereocenters. The molecule has 9 heteroatoms. The first-order valence-electron chi connectivity index (χ1n) is 11.5. The van der Waals surface area contributed by atoms with Crippen LogP contribution in [0.2, 0.25) is 0 Å². The van der Waals surface area contributed by atoms with Gasteiger partial charge >= 0.3 is 6.09 Å². The number of carbonyl (C=O) groups is 4. The van der Waals surface area contributed by atoms with E-state index in [-0.39, 0.29) is 36.6 Å². The van der Waals surface area contributed by atoms with Gasteiger partial charge in [-0.05, 0) is 44.0 Å². The number of hydrogen-bond acceptors (Lipinski definition) is 5. The van der Waals surface area contributed by atoms with E-state index in [1.54, 1.807) is 49.9 Å². The molecule has 0 radical (unpaired) electrons. The fourth-order valence-corrected chi connectivity index (χ4v) is 3.62. The van der Waals surface area contributed by atoms with Gasteiger partial charge in [0, 0.05) is 31.7 Å².